The molecule has 1 fully saturated rings. The van der Waals surface area contributed by atoms with Crippen molar-refractivity contribution in [2.75, 3.05) is 13.1 Å². The molecule has 102 valence electrons. The Hall–Kier alpha value is -1.35. The van der Waals surface area contributed by atoms with E-state index in [1.165, 1.54) is 24.0 Å². The molecule has 1 aromatic carbocycles. The summed E-state index contributed by atoms with van der Waals surface area (Å²) in [6.45, 7) is 1.76. The second-order valence-electron chi connectivity index (χ2n) is 5.70. The van der Waals surface area contributed by atoms with E-state index in [1.54, 1.807) is 0 Å². The lowest BCUT2D eigenvalue weighted by Crippen LogP contribution is -2.45. The predicted molar refractivity (Wildman–Crippen MR) is 76.2 cm³/mol. The third kappa shape index (κ3) is 2.81. The van der Waals surface area contributed by atoms with E-state index in [9.17, 15) is 4.79 Å². The van der Waals surface area contributed by atoms with Crippen molar-refractivity contribution in [2.24, 2.45) is 0 Å². The maximum atomic E-state index is 12.1. The minimum atomic E-state index is 0.0258. The van der Waals surface area contributed by atoms with Crippen LogP contribution in [0.25, 0.3) is 0 Å². The average molecular weight is 258 g/mol. The highest BCUT2D eigenvalue weighted by Crippen LogP contribution is 2.33. The summed E-state index contributed by atoms with van der Waals surface area (Å²) in [5.74, 6) is 0.706. The lowest BCUT2D eigenvalue weighted by molar-refractivity contribution is -0.123. The highest BCUT2D eigenvalue weighted by molar-refractivity contribution is 5.81. The molecule has 3 rings (SSSR count). The number of carbonyl (C=O) groups excluding carboxylic acids is 1. The van der Waals surface area contributed by atoms with Crippen molar-refractivity contribution in [1.82, 2.24) is 10.6 Å². The summed E-state index contributed by atoms with van der Waals surface area (Å²) in [5.41, 5.74) is 2.85. The van der Waals surface area contributed by atoms with E-state index in [2.05, 4.69) is 34.9 Å². The van der Waals surface area contributed by atoms with Crippen molar-refractivity contribution in [1.29, 1.82) is 0 Å². The van der Waals surface area contributed by atoms with Gasteiger partial charge in [-0.1, -0.05) is 37.1 Å². The predicted octanol–water partition coefficient (Wildman–Crippen LogP) is 1.97. The van der Waals surface area contributed by atoms with E-state index in [0.29, 0.717) is 5.92 Å². The molecule has 0 radical (unpaired) electrons. The normalized spacial score (nSPS) is 25.9. The molecule has 1 aromatic rings. The third-order valence-electron chi connectivity index (χ3n) is 4.36. The van der Waals surface area contributed by atoms with Crippen LogP contribution in [0.1, 0.15) is 42.7 Å². The summed E-state index contributed by atoms with van der Waals surface area (Å²) < 4.78 is 0. The standard InChI is InChI=1S/C16H22N2O/c19-16(15-8-2-1-5-9-17-15)18-11-13-10-12-6-3-4-7-14(12)13/h3-4,6-7,13,15,17H,1-2,5,8-11H2,(H,18,19). The Balaban J connectivity index is 1.49. The molecule has 1 aliphatic carbocycles. The molecule has 2 N–H and O–H groups in total. The van der Waals surface area contributed by atoms with Gasteiger partial charge in [0.25, 0.3) is 0 Å². The van der Waals surface area contributed by atoms with Crippen LogP contribution in [-0.2, 0) is 11.2 Å². The molecule has 0 spiro atoms. The van der Waals surface area contributed by atoms with Crippen LogP contribution in [0.4, 0.5) is 0 Å². The Morgan fingerprint density at radius 2 is 2.16 bits per heavy atom. The van der Waals surface area contributed by atoms with Crippen molar-refractivity contribution in [2.45, 2.75) is 44.1 Å². The molecule has 1 saturated heterocycles. The van der Waals surface area contributed by atoms with Crippen molar-refractivity contribution in [3.8, 4) is 0 Å². The van der Waals surface area contributed by atoms with Gasteiger partial charge in [0.2, 0.25) is 5.91 Å². The second kappa shape index (κ2) is 5.74. The van der Waals surface area contributed by atoms with E-state index in [0.717, 1.165) is 32.4 Å². The first-order chi connectivity index (χ1) is 9.34. The van der Waals surface area contributed by atoms with Gasteiger partial charge >= 0.3 is 0 Å². The minimum absolute atomic E-state index is 0.0258. The van der Waals surface area contributed by atoms with Gasteiger partial charge in [0.1, 0.15) is 0 Å². The van der Waals surface area contributed by atoms with Crippen LogP contribution >= 0.6 is 0 Å². The Kier molecular flexibility index (Phi) is 3.83. The first-order valence-electron chi connectivity index (χ1n) is 7.43. The minimum Gasteiger partial charge on any atom is -0.354 e. The van der Waals surface area contributed by atoms with Crippen LogP contribution in [0.5, 0.6) is 0 Å². The molecule has 0 saturated carbocycles. The zero-order chi connectivity index (χ0) is 13.1. The fraction of sp³-hybridized carbons (Fsp3) is 0.562. The zero-order valence-electron chi connectivity index (χ0n) is 11.3. The summed E-state index contributed by atoms with van der Waals surface area (Å²) in [7, 11) is 0. The topological polar surface area (TPSA) is 41.1 Å². The number of hydrogen-bond donors (Lipinski definition) is 2. The van der Waals surface area contributed by atoms with Crippen LogP contribution in [0.15, 0.2) is 24.3 Å². The number of benzene rings is 1. The van der Waals surface area contributed by atoms with Gasteiger partial charge in [-0.2, -0.15) is 0 Å². The Morgan fingerprint density at radius 3 is 3.05 bits per heavy atom. The van der Waals surface area contributed by atoms with Crippen molar-refractivity contribution in [3.05, 3.63) is 35.4 Å². The maximum Gasteiger partial charge on any atom is 0.237 e. The number of amides is 1. The highest BCUT2D eigenvalue weighted by Gasteiger charge is 2.27. The number of fused-ring (bicyclic) bond motifs is 1. The average Bonchev–Trinajstić information content (AvgIpc) is 2.68. The molecule has 1 aliphatic heterocycles. The van der Waals surface area contributed by atoms with E-state index < -0.39 is 0 Å². The summed E-state index contributed by atoms with van der Waals surface area (Å²) in [4.78, 5) is 12.1. The maximum absolute atomic E-state index is 12.1. The highest BCUT2D eigenvalue weighted by atomic mass is 16.2. The molecule has 0 bridgehead atoms. The van der Waals surface area contributed by atoms with Gasteiger partial charge in [0.15, 0.2) is 0 Å². The molecular weight excluding hydrogens is 236 g/mol. The van der Waals surface area contributed by atoms with Crippen LogP contribution in [-0.4, -0.2) is 25.0 Å². The van der Waals surface area contributed by atoms with Gasteiger partial charge in [0, 0.05) is 12.5 Å². The molecule has 2 aliphatic rings. The summed E-state index contributed by atoms with van der Waals surface area (Å²) in [6, 6.07) is 8.56. The molecule has 19 heavy (non-hydrogen) atoms. The summed E-state index contributed by atoms with van der Waals surface area (Å²) >= 11 is 0. The Bertz CT molecular complexity index is 450. The Labute approximate surface area is 114 Å². The van der Waals surface area contributed by atoms with Crippen molar-refractivity contribution in [3.63, 3.8) is 0 Å². The number of nitrogens with one attached hydrogen (secondary N) is 2. The molecule has 2 unspecified atom stereocenters. The van der Waals surface area contributed by atoms with E-state index in [1.807, 2.05) is 0 Å². The van der Waals surface area contributed by atoms with E-state index in [-0.39, 0.29) is 11.9 Å². The smallest absolute Gasteiger partial charge is 0.237 e. The van der Waals surface area contributed by atoms with E-state index in [4.69, 9.17) is 0 Å². The summed E-state index contributed by atoms with van der Waals surface area (Å²) in [6.07, 6.45) is 5.69. The third-order valence-corrected chi connectivity index (χ3v) is 4.36. The molecule has 1 heterocycles. The molecule has 1 amide bonds. The lowest BCUT2D eigenvalue weighted by atomic mass is 9.77. The zero-order valence-corrected chi connectivity index (χ0v) is 11.3. The fourth-order valence-electron chi connectivity index (χ4n) is 3.14. The molecule has 3 heteroatoms. The van der Waals surface area contributed by atoms with Crippen LogP contribution in [0.3, 0.4) is 0 Å². The largest absolute Gasteiger partial charge is 0.354 e. The quantitative estimate of drug-likeness (QED) is 0.870. The summed E-state index contributed by atoms with van der Waals surface area (Å²) in [5, 5.41) is 6.47. The van der Waals surface area contributed by atoms with E-state index >= 15 is 0 Å². The van der Waals surface area contributed by atoms with Crippen molar-refractivity contribution < 1.29 is 4.79 Å². The van der Waals surface area contributed by atoms with Crippen LogP contribution in [0.2, 0.25) is 0 Å². The van der Waals surface area contributed by atoms with Crippen LogP contribution in [0, 0.1) is 0 Å². The SMILES string of the molecule is O=C(NCC1Cc2ccccc21)C1CCCCCN1. The number of hydrogen-bond acceptors (Lipinski definition) is 2. The first kappa shape index (κ1) is 12.7. The monoisotopic (exact) mass is 258 g/mol. The molecule has 0 aromatic heterocycles. The molecule has 2 atom stereocenters. The first-order valence-corrected chi connectivity index (χ1v) is 7.43. The molecular formula is C16H22N2O. The van der Waals surface area contributed by atoms with Gasteiger partial charge in [-0.05, 0) is 36.9 Å². The lowest BCUT2D eigenvalue weighted by Gasteiger charge is -2.30. The van der Waals surface area contributed by atoms with Crippen molar-refractivity contribution >= 4 is 5.91 Å². The van der Waals surface area contributed by atoms with Gasteiger partial charge in [-0.25, -0.2) is 0 Å². The van der Waals surface area contributed by atoms with Gasteiger partial charge in [0.05, 0.1) is 6.04 Å². The molecule has 3 nitrogen and oxygen atoms in total. The Morgan fingerprint density at radius 1 is 1.26 bits per heavy atom. The van der Waals surface area contributed by atoms with Crippen LogP contribution < -0.4 is 10.6 Å². The van der Waals surface area contributed by atoms with Gasteiger partial charge in [-0.3, -0.25) is 4.79 Å². The second-order valence-corrected chi connectivity index (χ2v) is 5.70. The van der Waals surface area contributed by atoms with Gasteiger partial charge in [-0.15, -0.1) is 0 Å². The number of rotatable bonds is 3. The van der Waals surface area contributed by atoms with Gasteiger partial charge < -0.3 is 10.6 Å². The fourth-order valence-corrected chi connectivity index (χ4v) is 3.14. The number of carbonyl (C=O) groups is 1.